The first kappa shape index (κ1) is 29.4. The Kier molecular flexibility index (Phi) is 9.21. The Morgan fingerprint density at radius 1 is 1.05 bits per heavy atom. The molecule has 41 heavy (non-hydrogen) atoms. The van der Waals surface area contributed by atoms with Crippen LogP contribution in [0.3, 0.4) is 0 Å². The van der Waals surface area contributed by atoms with Gasteiger partial charge in [0.15, 0.2) is 15.7 Å². The zero-order valence-corrected chi connectivity index (χ0v) is 25.5. The van der Waals surface area contributed by atoms with Gasteiger partial charge in [-0.25, -0.2) is 13.4 Å². The number of likely N-dealkylation sites (N-methyl/N-ethyl adjacent to an activating group) is 1. The second-order valence-electron chi connectivity index (χ2n) is 10.9. The smallest absolute Gasteiger partial charge is 0.229 e. The number of benzene rings is 2. The lowest BCUT2D eigenvalue weighted by Gasteiger charge is -2.23. The van der Waals surface area contributed by atoms with Crippen molar-refractivity contribution < 1.29 is 13.2 Å². The number of hydrogen-bond acceptors (Lipinski definition) is 9. The largest absolute Gasteiger partial charge is 0.492 e. The second-order valence-corrected chi connectivity index (χ2v) is 13.5. The van der Waals surface area contributed by atoms with E-state index in [1.54, 1.807) is 24.3 Å². The van der Waals surface area contributed by atoms with Crippen LogP contribution in [0.15, 0.2) is 53.6 Å². The van der Waals surface area contributed by atoms with Crippen molar-refractivity contribution in [1.29, 1.82) is 0 Å². The SMILES string of the molecule is CCOc1cc(N2CC[C@@H](N(C)C)C2)ccc1Nc1ncc(Cl)c(Nc2ccccc2S(=O)(=O)C2CCCCC2)n1. The van der Waals surface area contributed by atoms with Crippen molar-refractivity contribution in [3.05, 3.63) is 53.7 Å². The molecule has 9 nitrogen and oxygen atoms in total. The number of para-hydroxylation sites is 1. The third kappa shape index (κ3) is 6.71. The van der Waals surface area contributed by atoms with Gasteiger partial charge < -0.3 is 25.2 Å². The van der Waals surface area contributed by atoms with Gasteiger partial charge in [-0.2, -0.15) is 4.98 Å². The van der Waals surface area contributed by atoms with Crippen molar-refractivity contribution in [2.75, 3.05) is 49.3 Å². The Hall–Kier alpha value is -3.08. The van der Waals surface area contributed by atoms with Crippen LogP contribution in [0.4, 0.5) is 28.8 Å². The Morgan fingerprint density at radius 2 is 1.83 bits per heavy atom. The molecule has 2 fully saturated rings. The molecule has 1 atom stereocenters. The van der Waals surface area contributed by atoms with Gasteiger partial charge in [0.25, 0.3) is 0 Å². The van der Waals surface area contributed by atoms with Gasteiger partial charge in [-0.3, -0.25) is 0 Å². The molecule has 0 bridgehead atoms. The molecule has 0 radical (unpaired) electrons. The molecule has 1 aliphatic heterocycles. The van der Waals surface area contributed by atoms with E-state index in [0.717, 1.165) is 50.1 Å². The quantitative estimate of drug-likeness (QED) is 0.280. The molecule has 0 amide bonds. The van der Waals surface area contributed by atoms with Gasteiger partial charge in [0.2, 0.25) is 5.95 Å². The molecule has 1 saturated heterocycles. The van der Waals surface area contributed by atoms with Crippen molar-refractivity contribution in [2.24, 2.45) is 0 Å². The lowest BCUT2D eigenvalue weighted by molar-refractivity contribution is 0.315. The minimum atomic E-state index is -3.50. The number of ether oxygens (including phenoxy) is 1. The zero-order chi connectivity index (χ0) is 29.0. The zero-order valence-electron chi connectivity index (χ0n) is 23.9. The average molecular weight is 599 g/mol. The first-order chi connectivity index (χ1) is 19.8. The van der Waals surface area contributed by atoms with E-state index in [9.17, 15) is 8.42 Å². The molecule has 5 rings (SSSR count). The summed E-state index contributed by atoms with van der Waals surface area (Å²) in [5.74, 6) is 1.33. The first-order valence-electron chi connectivity index (χ1n) is 14.3. The van der Waals surface area contributed by atoms with E-state index < -0.39 is 9.84 Å². The lowest BCUT2D eigenvalue weighted by Crippen LogP contribution is -2.31. The highest BCUT2D eigenvalue weighted by molar-refractivity contribution is 7.92. The first-order valence-corrected chi connectivity index (χ1v) is 16.3. The summed E-state index contributed by atoms with van der Waals surface area (Å²) in [4.78, 5) is 13.9. The van der Waals surface area contributed by atoms with Gasteiger partial charge in [0, 0.05) is 30.9 Å². The fourth-order valence-corrected chi connectivity index (χ4v) is 7.76. The maximum atomic E-state index is 13.5. The van der Waals surface area contributed by atoms with Crippen molar-refractivity contribution in [3.63, 3.8) is 0 Å². The van der Waals surface area contributed by atoms with Gasteiger partial charge in [0.05, 0.1) is 34.3 Å². The highest BCUT2D eigenvalue weighted by Crippen LogP contribution is 2.36. The highest BCUT2D eigenvalue weighted by Gasteiger charge is 2.31. The molecule has 0 spiro atoms. The van der Waals surface area contributed by atoms with Gasteiger partial charge in [-0.05, 0) is 64.5 Å². The molecule has 2 aliphatic rings. The van der Waals surface area contributed by atoms with Gasteiger partial charge >= 0.3 is 0 Å². The summed E-state index contributed by atoms with van der Waals surface area (Å²) in [6.45, 7) is 4.43. The molecule has 2 N–H and O–H groups in total. The predicted molar refractivity (Wildman–Crippen MR) is 166 cm³/mol. The number of anilines is 5. The van der Waals surface area contributed by atoms with Gasteiger partial charge in [-0.15, -0.1) is 0 Å². The summed E-state index contributed by atoms with van der Waals surface area (Å²) in [7, 11) is 0.739. The summed E-state index contributed by atoms with van der Waals surface area (Å²) in [6, 6.07) is 13.6. The molecular formula is C30H39ClN6O3S. The van der Waals surface area contributed by atoms with Gasteiger partial charge in [-0.1, -0.05) is 43.0 Å². The number of hydrogen-bond donors (Lipinski definition) is 2. The number of aromatic nitrogens is 2. The Morgan fingerprint density at radius 3 is 2.56 bits per heavy atom. The molecule has 0 unspecified atom stereocenters. The maximum Gasteiger partial charge on any atom is 0.229 e. The van der Waals surface area contributed by atoms with Crippen LogP contribution in [0.1, 0.15) is 45.4 Å². The Bertz CT molecular complexity index is 1460. The van der Waals surface area contributed by atoms with Crippen molar-refractivity contribution >= 4 is 50.3 Å². The third-order valence-corrected chi connectivity index (χ3v) is 10.5. The average Bonchev–Trinajstić information content (AvgIpc) is 3.48. The minimum Gasteiger partial charge on any atom is -0.492 e. The fraction of sp³-hybridized carbons (Fsp3) is 0.467. The van der Waals surface area contributed by atoms with Crippen molar-refractivity contribution in [3.8, 4) is 5.75 Å². The molecule has 1 aromatic heterocycles. The topological polar surface area (TPSA) is 99.7 Å². The van der Waals surface area contributed by atoms with Crippen LogP contribution < -0.4 is 20.3 Å². The summed E-state index contributed by atoms with van der Waals surface area (Å²) < 4.78 is 33.0. The van der Waals surface area contributed by atoms with Gasteiger partial charge in [0.1, 0.15) is 10.8 Å². The van der Waals surface area contributed by atoms with E-state index in [2.05, 4.69) is 50.6 Å². The van der Waals surface area contributed by atoms with E-state index in [4.69, 9.17) is 16.3 Å². The maximum absolute atomic E-state index is 13.5. The highest BCUT2D eigenvalue weighted by atomic mass is 35.5. The molecule has 2 heterocycles. The summed E-state index contributed by atoms with van der Waals surface area (Å²) in [5, 5.41) is 6.34. The number of nitrogens with zero attached hydrogens (tertiary/aromatic N) is 4. The lowest BCUT2D eigenvalue weighted by atomic mass is 10.0. The summed E-state index contributed by atoms with van der Waals surface area (Å²) in [6.07, 6.45) is 6.95. The molecule has 2 aromatic carbocycles. The van der Waals surface area contributed by atoms with Crippen LogP contribution >= 0.6 is 11.6 Å². The van der Waals surface area contributed by atoms with Crippen LogP contribution in [0, 0.1) is 0 Å². The minimum absolute atomic E-state index is 0.267. The van der Waals surface area contributed by atoms with E-state index >= 15 is 0 Å². The van der Waals surface area contributed by atoms with E-state index in [-0.39, 0.29) is 15.2 Å². The van der Waals surface area contributed by atoms with Crippen LogP contribution in [0.2, 0.25) is 5.02 Å². The second kappa shape index (κ2) is 12.8. The standard InChI is InChI=1S/C30H39ClN6O3S/c1-4-40-27-18-21(37-17-16-22(20-37)36(2)3)14-15-25(27)34-30-32-19-24(31)29(35-30)33-26-12-8-9-13-28(26)41(38,39)23-10-6-5-7-11-23/h8-9,12-15,18-19,22-23H,4-7,10-11,16-17,20H2,1-3H3,(H2,32,33,34,35)/t22-/m1/s1. The summed E-state index contributed by atoms with van der Waals surface area (Å²) in [5.41, 5.74) is 2.29. The monoisotopic (exact) mass is 598 g/mol. The molecule has 3 aromatic rings. The number of sulfone groups is 1. The Balaban J connectivity index is 1.38. The van der Waals surface area contributed by atoms with Crippen LogP contribution in [-0.4, -0.2) is 68.4 Å². The van der Waals surface area contributed by atoms with Crippen molar-refractivity contribution in [2.45, 2.75) is 61.6 Å². The predicted octanol–water partition coefficient (Wildman–Crippen LogP) is 6.26. The normalized spacial score (nSPS) is 18.1. The van der Waals surface area contributed by atoms with Crippen LogP contribution in [-0.2, 0) is 9.84 Å². The third-order valence-electron chi connectivity index (χ3n) is 7.95. The number of halogens is 1. The summed E-state index contributed by atoms with van der Waals surface area (Å²) >= 11 is 6.47. The van der Waals surface area contributed by atoms with Crippen LogP contribution in [0.25, 0.3) is 0 Å². The number of rotatable bonds is 10. The van der Waals surface area contributed by atoms with Crippen molar-refractivity contribution in [1.82, 2.24) is 14.9 Å². The molecule has 1 saturated carbocycles. The van der Waals surface area contributed by atoms with E-state index in [1.165, 1.54) is 6.20 Å². The van der Waals surface area contributed by atoms with E-state index in [1.807, 2.05) is 19.1 Å². The van der Waals surface area contributed by atoms with Crippen LogP contribution in [0.5, 0.6) is 5.75 Å². The Labute approximate surface area is 248 Å². The van der Waals surface area contributed by atoms with E-state index in [0.29, 0.717) is 48.7 Å². The molecule has 220 valence electrons. The molecule has 1 aliphatic carbocycles. The molecule has 11 heteroatoms. The fourth-order valence-electron chi connectivity index (χ4n) is 5.62. The molecular weight excluding hydrogens is 560 g/mol. The number of nitrogens with one attached hydrogen (secondary N) is 2.